The van der Waals surface area contributed by atoms with Crippen molar-refractivity contribution in [3.63, 3.8) is 0 Å². The minimum Gasteiger partial charge on any atom is -0.480 e. The second kappa shape index (κ2) is 7.26. The number of methoxy groups -OCH3 is 1. The molecule has 1 unspecified atom stereocenters. The number of aliphatic carboxylic acids is 1. The Bertz CT molecular complexity index is 449. The Morgan fingerprint density at radius 1 is 1.35 bits per heavy atom. The summed E-state index contributed by atoms with van der Waals surface area (Å²) in [4.78, 5) is 13.3. The maximum atomic E-state index is 11.4. The second-order valence-electron chi connectivity index (χ2n) is 4.84. The van der Waals surface area contributed by atoms with Crippen molar-refractivity contribution in [1.29, 1.82) is 0 Å². The van der Waals surface area contributed by atoms with E-state index >= 15 is 0 Å². The molecule has 0 amide bonds. The molecule has 2 rings (SSSR count). The lowest BCUT2D eigenvalue weighted by Crippen LogP contribution is -2.39. The van der Waals surface area contributed by atoms with E-state index in [-0.39, 0.29) is 0 Å². The van der Waals surface area contributed by atoms with Gasteiger partial charge in [-0.15, -0.1) is 0 Å². The van der Waals surface area contributed by atoms with E-state index in [1.165, 1.54) is 0 Å². The van der Waals surface area contributed by atoms with E-state index in [9.17, 15) is 9.90 Å². The number of benzene rings is 1. The number of fused-ring (bicyclic) bond motifs is 1. The fraction of sp³-hybridized carbons (Fsp3) is 0.533. The number of ether oxygens (including phenoxy) is 2. The fourth-order valence-corrected chi connectivity index (χ4v) is 2.53. The summed E-state index contributed by atoms with van der Waals surface area (Å²) >= 11 is 0. The summed E-state index contributed by atoms with van der Waals surface area (Å²) in [7, 11) is 1.64. The van der Waals surface area contributed by atoms with Crippen molar-refractivity contribution in [2.24, 2.45) is 0 Å². The van der Waals surface area contributed by atoms with Crippen LogP contribution in [-0.4, -0.2) is 50.6 Å². The zero-order chi connectivity index (χ0) is 14.4. The molecule has 1 aliphatic heterocycles. The van der Waals surface area contributed by atoms with Crippen molar-refractivity contribution >= 4 is 11.7 Å². The predicted molar refractivity (Wildman–Crippen MR) is 76.2 cm³/mol. The van der Waals surface area contributed by atoms with Crippen LogP contribution >= 0.6 is 0 Å². The molecule has 0 aromatic heterocycles. The van der Waals surface area contributed by atoms with Crippen molar-refractivity contribution in [2.45, 2.75) is 18.9 Å². The quantitative estimate of drug-likeness (QED) is 0.732. The highest BCUT2D eigenvalue weighted by Crippen LogP contribution is 2.32. The van der Waals surface area contributed by atoms with Crippen LogP contribution in [0, 0.1) is 0 Å². The van der Waals surface area contributed by atoms with Gasteiger partial charge >= 0.3 is 5.97 Å². The predicted octanol–water partition coefficient (Wildman–Crippen LogP) is 1.56. The number of anilines is 1. The molecule has 1 N–H and O–H groups in total. The highest BCUT2D eigenvalue weighted by molar-refractivity contribution is 5.82. The molecule has 0 fully saturated rings. The first kappa shape index (κ1) is 14.8. The smallest absolute Gasteiger partial charge is 0.326 e. The average Bonchev–Trinajstić information content (AvgIpc) is 2.82. The Morgan fingerprint density at radius 3 is 2.90 bits per heavy atom. The number of carbonyl (C=O) groups is 1. The van der Waals surface area contributed by atoms with E-state index in [2.05, 4.69) is 0 Å². The molecule has 0 aliphatic carbocycles. The first-order valence-corrected chi connectivity index (χ1v) is 6.88. The maximum Gasteiger partial charge on any atom is 0.326 e. The molecule has 5 heteroatoms. The van der Waals surface area contributed by atoms with Gasteiger partial charge in [-0.3, -0.25) is 0 Å². The van der Waals surface area contributed by atoms with E-state index in [1.807, 2.05) is 29.2 Å². The van der Waals surface area contributed by atoms with Gasteiger partial charge in [-0.1, -0.05) is 18.2 Å². The van der Waals surface area contributed by atoms with Crippen LogP contribution in [0.3, 0.4) is 0 Å². The third kappa shape index (κ3) is 3.49. The van der Waals surface area contributed by atoms with E-state index < -0.39 is 12.0 Å². The molecule has 1 heterocycles. The molecule has 1 atom stereocenters. The molecule has 20 heavy (non-hydrogen) atoms. The number of carboxylic acid groups (broad SMARTS) is 1. The van der Waals surface area contributed by atoms with Crippen LogP contribution in [-0.2, 0) is 20.7 Å². The number of nitrogens with zero attached hydrogens (tertiary/aromatic N) is 1. The monoisotopic (exact) mass is 279 g/mol. The number of hydrogen-bond acceptors (Lipinski definition) is 4. The Morgan fingerprint density at radius 2 is 2.15 bits per heavy atom. The molecule has 1 aromatic carbocycles. The molecule has 5 nitrogen and oxygen atoms in total. The van der Waals surface area contributed by atoms with Gasteiger partial charge in [0, 0.05) is 32.4 Å². The molecule has 0 saturated heterocycles. The summed E-state index contributed by atoms with van der Waals surface area (Å²) in [5.74, 6) is -0.762. The van der Waals surface area contributed by atoms with Crippen LogP contribution in [0.1, 0.15) is 12.0 Å². The number of para-hydroxylation sites is 1. The van der Waals surface area contributed by atoms with Crippen LogP contribution in [0.5, 0.6) is 0 Å². The van der Waals surface area contributed by atoms with Crippen molar-refractivity contribution < 1.29 is 19.4 Å². The zero-order valence-electron chi connectivity index (χ0n) is 11.7. The van der Waals surface area contributed by atoms with Gasteiger partial charge in [0.25, 0.3) is 0 Å². The summed E-state index contributed by atoms with van der Waals surface area (Å²) in [6, 6.07) is 7.44. The summed E-state index contributed by atoms with van der Waals surface area (Å²) in [6.45, 7) is 2.48. The van der Waals surface area contributed by atoms with Gasteiger partial charge in [0.05, 0.1) is 13.2 Å². The molecule has 0 bridgehead atoms. The number of rotatable bonds is 8. The first-order valence-electron chi connectivity index (χ1n) is 6.88. The van der Waals surface area contributed by atoms with E-state index in [4.69, 9.17) is 9.47 Å². The van der Waals surface area contributed by atoms with Gasteiger partial charge in [0.15, 0.2) is 0 Å². The lowest BCUT2D eigenvalue weighted by atomic mass is 10.1. The lowest BCUT2D eigenvalue weighted by Gasteiger charge is -2.24. The summed E-state index contributed by atoms with van der Waals surface area (Å²) in [5.41, 5.74) is 2.15. The van der Waals surface area contributed by atoms with Crippen LogP contribution in [0.2, 0.25) is 0 Å². The molecule has 1 aliphatic rings. The minimum absolute atomic E-state index is 0.452. The van der Waals surface area contributed by atoms with Crippen molar-refractivity contribution in [3.05, 3.63) is 29.8 Å². The largest absolute Gasteiger partial charge is 0.480 e. The van der Waals surface area contributed by atoms with Crippen LogP contribution in [0.25, 0.3) is 0 Å². The summed E-state index contributed by atoms with van der Waals surface area (Å²) < 4.78 is 10.3. The van der Waals surface area contributed by atoms with E-state index in [0.29, 0.717) is 32.8 Å². The molecule has 0 saturated carbocycles. The zero-order valence-corrected chi connectivity index (χ0v) is 11.7. The van der Waals surface area contributed by atoms with Gasteiger partial charge in [-0.2, -0.15) is 0 Å². The number of hydrogen-bond donors (Lipinski definition) is 1. The molecule has 1 aromatic rings. The first-order chi connectivity index (χ1) is 9.74. The third-order valence-electron chi connectivity index (χ3n) is 3.50. The maximum absolute atomic E-state index is 11.4. The Balaban J connectivity index is 1.89. The second-order valence-corrected chi connectivity index (χ2v) is 4.84. The van der Waals surface area contributed by atoms with Crippen LogP contribution in [0.15, 0.2) is 24.3 Å². The minimum atomic E-state index is -0.762. The van der Waals surface area contributed by atoms with Gasteiger partial charge in [0.1, 0.15) is 6.04 Å². The van der Waals surface area contributed by atoms with Gasteiger partial charge in [0.2, 0.25) is 0 Å². The van der Waals surface area contributed by atoms with Crippen LogP contribution in [0.4, 0.5) is 5.69 Å². The molecular formula is C15H21NO4. The SMILES string of the molecule is COCCOCCCN1c2ccccc2CC1C(=O)O. The third-order valence-corrected chi connectivity index (χ3v) is 3.50. The fourth-order valence-electron chi connectivity index (χ4n) is 2.53. The summed E-state index contributed by atoms with van der Waals surface area (Å²) in [5, 5.41) is 9.34. The van der Waals surface area contributed by atoms with E-state index in [0.717, 1.165) is 17.7 Å². The van der Waals surface area contributed by atoms with E-state index in [1.54, 1.807) is 7.11 Å². The topological polar surface area (TPSA) is 59.0 Å². The van der Waals surface area contributed by atoms with Crippen LogP contribution < -0.4 is 4.90 Å². The summed E-state index contributed by atoms with van der Waals surface area (Å²) in [6.07, 6.45) is 1.39. The molecule has 110 valence electrons. The van der Waals surface area contributed by atoms with Crippen molar-refractivity contribution in [3.8, 4) is 0 Å². The standard InChI is InChI=1S/C15H21NO4/c1-19-9-10-20-8-4-7-16-13-6-3-2-5-12(13)11-14(16)15(17)18/h2-3,5-6,14H,4,7-11H2,1H3,(H,17,18). The lowest BCUT2D eigenvalue weighted by molar-refractivity contribution is -0.138. The Kier molecular flexibility index (Phi) is 5.38. The van der Waals surface area contributed by atoms with Gasteiger partial charge in [-0.25, -0.2) is 4.79 Å². The molecule has 0 radical (unpaired) electrons. The Labute approximate surface area is 119 Å². The van der Waals surface area contributed by atoms with Crippen molar-refractivity contribution in [2.75, 3.05) is 38.4 Å². The number of carboxylic acids is 1. The molecular weight excluding hydrogens is 258 g/mol. The van der Waals surface area contributed by atoms with Crippen molar-refractivity contribution in [1.82, 2.24) is 0 Å². The normalized spacial score (nSPS) is 17.2. The molecule has 0 spiro atoms. The van der Waals surface area contributed by atoms with Gasteiger partial charge < -0.3 is 19.5 Å². The highest BCUT2D eigenvalue weighted by atomic mass is 16.5. The van der Waals surface area contributed by atoms with Gasteiger partial charge in [-0.05, 0) is 18.1 Å². The highest BCUT2D eigenvalue weighted by Gasteiger charge is 2.33. The average molecular weight is 279 g/mol. The Hall–Kier alpha value is -1.59.